The number of nitrogens with one attached hydrogen (secondary N) is 2. The average Bonchev–Trinajstić information content (AvgIpc) is 3.38. The van der Waals surface area contributed by atoms with E-state index in [0.717, 1.165) is 12.1 Å². The number of anilines is 3. The van der Waals surface area contributed by atoms with E-state index >= 15 is 0 Å². The fourth-order valence-electron chi connectivity index (χ4n) is 4.63. The zero-order valence-electron chi connectivity index (χ0n) is 18.5. The average molecular weight is 508 g/mol. The minimum Gasteiger partial charge on any atom is -0.388 e. The molecular formula is C22H24ClF2N7O3. The molecule has 0 unspecified atom stereocenters. The van der Waals surface area contributed by atoms with E-state index in [0.29, 0.717) is 43.5 Å². The van der Waals surface area contributed by atoms with Crippen LogP contribution in [0.3, 0.4) is 0 Å². The fraction of sp³-hybridized carbons (Fsp3) is 0.455. The number of benzene rings is 1. The van der Waals surface area contributed by atoms with Crippen LogP contribution in [0.15, 0.2) is 18.3 Å². The lowest BCUT2D eigenvalue weighted by atomic mass is 9.85. The summed E-state index contributed by atoms with van der Waals surface area (Å²) < 4.78 is 36.1. The molecule has 3 aromatic rings. The molecule has 35 heavy (non-hydrogen) atoms. The van der Waals surface area contributed by atoms with E-state index in [-0.39, 0.29) is 47.4 Å². The molecule has 1 amide bonds. The first kappa shape index (κ1) is 23.6. The van der Waals surface area contributed by atoms with Gasteiger partial charge in [0.15, 0.2) is 17.3 Å². The summed E-state index contributed by atoms with van der Waals surface area (Å²) in [5.41, 5.74) is 5.94. The van der Waals surface area contributed by atoms with Crippen LogP contribution in [0, 0.1) is 17.6 Å². The molecule has 13 heteroatoms. The number of nitrogens with zero attached hydrogens (tertiary/aromatic N) is 4. The van der Waals surface area contributed by atoms with Gasteiger partial charge in [-0.05, 0) is 37.8 Å². The van der Waals surface area contributed by atoms with Crippen molar-refractivity contribution in [2.75, 3.05) is 23.8 Å². The lowest BCUT2D eigenvalue weighted by Crippen LogP contribution is -2.32. The van der Waals surface area contributed by atoms with Crippen molar-refractivity contribution in [2.45, 2.75) is 43.9 Å². The zero-order chi connectivity index (χ0) is 24.7. The maximum absolute atomic E-state index is 14.5. The maximum atomic E-state index is 14.5. The van der Waals surface area contributed by atoms with Gasteiger partial charge < -0.3 is 26.2 Å². The van der Waals surface area contributed by atoms with E-state index in [1.54, 1.807) is 4.57 Å². The third kappa shape index (κ3) is 4.73. The van der Waals surface area contributed by atoms with Crippen LogP contribution in [0.2, 0.25) is 5.02 Å². The van der Waals surface area contributed by atoms with Crippen LogP contribution in [0.25, 0.3) is 11.2 Å². The lowest BCUT2D eigenvalue weighted by molar-refractivity contribution is -0.122. The van der Waals surface area contributed by atoms with Gasteiger partial charge in [-0.15, -0.1) is 0 Å². The normalized spacial score (nSPS) is 24.6. The lowest BCUT2D eigenvalue weighted by Gasteiger charge is -2.29. The predicted octanol–water partition coefficient (Wildman–Crippen LogP) is 2.89. The number of aliphatic hydroxyl groups is 1. The number of halogens is 3. The SMILES string of the molecule is NC(=O)[C@H]1CC[C@H](n2c(Nc3c(F)cc(Cl)cc3F)nc3cnc(N[C@@H]4COC[C@H]4O)nc32)CC1. The Kier molecular flexibility index (Phi) is 6.43. The number of ether oxygens (including phenoxy) is 1. The van der Waals surface area contributed by atoms with Gasteiger partial charge in [0.05, 0.1) is 31.6 Å². The van der Waals surface area contributed by atoms with Crippen molar-refractivity contribution in [1.82, 2.24) is 19.5 Å². The van der Waals surface area contributed by atoms with Crippen LogP contribution in [0.1, 0.15) is 31.7 Å². The van der Waals surface area contributed by atoms with Crippen molar-refractivity contribution in [3.8, 4) is 0 Å². The predicted molar refractivity (Wildman–Crippen MR) is 124 cm³/mol. The minimum absolute atomic E-state index is 0.0662. The second-order valence-electron chi connectivity index (χ2n) is 8.84. The van der Waals surface area contributed by atoms with Gasteiger partial charge in [-0.3, -0.25) is 9.36 Å². The standard InChI is InChI=1S/C22H24ClF2N7O3/c23-11-5-13(24)18(14(25)6-11)30-22-29-15-7-27-21(28-16-8-35-9-17(16)33)31-20(15)32(22)12-3-1-10(2-4-12)19(26)34/h5-7,10,12,16-17,33H,1-4,8-9H2,(H2,26,34)(H,29,30)(H,27,28,31)/t10-,12-,16-,17-/m1/s1. The molecule has 1 saturated carbocycles. The Bertz CT molecular complexity index is 1240. The molecule has 1 aromatic carbocycles. The first-order chi connectivity index (χ1) is 16.8. The van der Waals surface area contributed by atoms with E-state index in [1.165, 1.54) is 6.20 Å². The van der Waals surface area contributed by atoms with E-state index in [1.807, 2.05) is 0 Å². The molecule has 2 aromatic heterocycles. The van der Waals surface area contributed by atoms with Crippen LogP contribution >= 0.6 is 11.6 Å². The van der Waals surface area contributed by atoms with Crippen molar-refractivity contribution in [3.05, 3.63) is 35.0 Å². The van der Waals surface area contributed by atoms with Gasteiger partial charge in [0.2, 0.25) is 17.8 Å². The number of primary amides is 1. The van der Waals surface area contributed by atoms with E-state index in [9.17, 15) is 18.7 Å². The highest BCUT2D eigenvalue weighted by Gasteiger charge is 2.31. The number of hydrogen-bond acceptors (Lipinski definition) is 8. The summed E-state index contributed by atoms with van der Waals surface area (Å²) in [4.78, 5) is 25.0. The highest BCUT2D eigenvalue weighted by Crippen LogP contribution is 2.37. The van der Waals surface area contributed by atoms with Crippen molar-refractivity contribution in [1.29, 1.82) is 0 Å². The van der Waals surface area contributed by atoms with Gasteiger partial charge in [-0.1, -0.05) is 11.6 Å². The molecule has 0 spiro atoms. The number of hydrogen-bond donors (Lipinski definition) is 4. The van der Waals surface area contributed by atoms with E-state index < -0.39 is 23.4 Å². The number of imidazole rings is 1. The Morgan fingerprint density at radius 3 is 2.51 bits per heavy atom. The number of fused-ring (bicyclic) bond motifs is 1. The number of carbonyl (C=O) groups excluding carboxylic acids is 1. The number of carbonyl (C=O) groups is 1. The summed E-state index contributed by atoms with van der Waals surface area (Å²) in [6, 6.07) is 1.49. The van der Waals surface area contributed by atoms with Crippen LogP contribution < -0.4 is 16.4 Å². The monoisotopic (exact) mass is 507 g/mol. The Morgan fingerprint density at radius 2 is 1.89 bits per heavy atom. The summed E-state index contributed by atoms with van der Waals surface area (Å²) >= 11 is 5.76. The summed E-state index contributed by atoms with van der Waals surface area (Å²) in [6.07, 6.45) is 3.15. The molecule has 1 aliphatic carbocycles. The van der Waals surface area contributed by atoms with Crippen molar-refractivity contribution >= 4 is 46.3 Å². The fourth-order valence-corrected chi connectivity index (χ4v) is 4.82. The Labute approximate surface area is 203 Å². The zero-order valence-corrected chi connectivity index (χ0v) is 19.3. The quantitative estimate of drug-likeness (QED) is 0.399. The highest BCUT2D eigenvalue weighted by molar-refractivity contribution is 6.30. The molecule has 5 N–H and O–H groups in total. The summed E-state index contributed by atoms with van der Waals surface area (Å²) in [7, 11) is 0. The third-order valence-electron chi connectivity index (χ3n) is 6.51. The number of aliphatic hydroxyl groups excluding tert-OH is 1. The van der Waals surface area contributed by atoms with Crippen LogP contribution in [-0.2, 0) is 9.53 Å². The largest absolute Gasteiger partial charge is 0.388 e. The number of aromatic nitrogens is 4. The molecular weight excluding hydrogens is 484 g/mol. The molecule has 0 radical (unpaired) electrons. The molecule has 1 aliphatic heterocycles. The summed E-state index contributed by atoms with van der Waals surface area (Å²) in [5, 5.41) is 15.8. The first-order valence-corrected chi connectivity index (χ1v) is 11.7. The van der Waals surface area contributed by atoms with Gasteiger partial charge in [-0.2, -0.15) is 4.98 Å². The van der Waals surface area contributed by atoms with E-state index in [4.69, 9.17) is 22.1 Å². The van der Waals surface area contributed by atoms with Gasteiger partial charge in [0, 0.05) is 17.0 Å². The minimum atomic E-state index is -0.866. The third-order valence-corrected chi connectivity index (χ3v) is 6.72. The topological polar surface area (TPSA) is 140 Å². The summed E-state index contributed by atoms with van der Waals surface area (Å²) in [5.74, 6) is -1.86. The van der Waals surface area contributed by atoms with Crippen molar-refractivity contribution < 1.29 is 23.4 Å². The molecule has 5 rings (SSSR count). The van der Waals surface area contributed by atoms with Crippen LogP contribution in [-0.4, -0.2) is 55.9 Å². The molecule has 10 nitrogen and oxygen atoms in total. The molecule has 0 bridgehead atoms. The molecule has 3 heterocycles. The Morgan fingerprint density at radius 1 is 1.17 bits per heavy atom. The van der Waals surface area contributed by atoms with E-state index in [2.05, 4.69) is 25.6 Å². The van der Waals surface area contributed by atoms with Crippen molar-refractivity contribution in [3.63, 3.8) is 0 Å². The van der Waals surface area contributed by atoms with Gasteiger partial charge in [-0.25, -0.2) is 18.7 Å². The molecule has 2 atom stereocenters. The Hall–Kier alpha value is -3.09. The second kappa shape index (κ2) is 9.51. The molecule has 186 valence electrons. The Balaban J connectivity index is 1.54. The first-order valence-electron chi connectivity index (χ1n) is 11.3. The molecule has 2 aliphatic rings. The molecule has 1 saturated heterocycles. The number of amides is 1. The van der Waals surface area contributed by atoms with Gasteiger partial charge in [0.25, 0.3) is 0 Å². The summed E-state index contributed by atoms with van der Waals surface area (Å²) in [6.45, 7) is 0.522. The van der Waals surface area contributed by atoms with Gasteiger partial charge in [0.1, 0.15) is 11.2 Å². The number of rotatable bonds is 6. The number of nitrogens with two attached hydrogens (primary N) is 1. The van der Waals surface area contributed by atoms with Crippen molar-refractivity contribution in [2.24, 2.45) is 11.7 Å². The smallest absolute Gasteiger partial charge is 0.225 e. The highest BCUT2D eigenvalue weighted by atomic mass is 35.5. The van der Waals surface area contributed by atoms with Crippen LogP contribution in [0.5, 0.6) is 0 Å². The molecule has 2 fully saturated rings. The van der Waals surface area contributed by atoms with Gasteiger partial charge >= 0.3 is 0 Å². The van der Waals surface area contributed by atoms with Crippen LogP contribution in [0.4, 0.5) is 26.4 Å². The second-order valence-corrected chi connectivity index (χ2v) is 9.28. The maximum Gasteiger partial charge on any atom is 0.225 e.